The van der Waals surface area contributed by atoms with Crippen molar-refractivity contribution in [3.05, 3.63) is 35.4 Å². The average molecular weight is 386 g/mol. The molecule has 3 rings (SSSR count). The standard InChI is InChI=1S/C23H35N3O2/c1-3-4-15-25(2)16-10-17-26-21(19-13-8-9-14-20(19)23(26)28)22(27)24-18-11-6-5-7-12-18/h8-9,13-14,18,21H,3-7,10-12,15-17H2,1-2H3,(H,24,27)/t21-/m0/s1. The molecule has 0 radical (unpaired) electrons. The Morgan fingerprint density at radius 3 is 2.61 bits per heavy atom. The molecule has 2 aliphatic rings. The van der Waals surface area contributed by atoms with Crippen LogP contribution in [0.25, 0.3) is 0 Å². The molecule has 1 heterocycles. The molecule has 1 N–H and O–H groups in total. The lowest BCUT2D eigenvalue weighted by molar-refractivity contribution is -0.126. The Labute approximate surface area is 169 Å². The zero-order valence-electron chi connectivity index (χ0n) is 17.5. The van der Waals surface area contributed by atoms with E-state index < -0.39 is 6.04 Å². The van der Waals surface area contributed by atoms with Crippen molar-refractivity contribution in [1.82, 2.24) is 15.1 Å². The zero-order valence-corrected chi connectivity index (χ0v) is 17.5. The van der Waals surface area contributed by atoms with Crippen LogP contribution >= 0.6 is 0 Å². The van der Waals surface area contributed by atoms with Gasteiger partial charge in [0.15, 0.2) is 0 Å². The molecule has 1 aliphatic carbocycles. The lowest BCUT2D eigenvalue weighted by atomic mass is 9.95. The number of carbonyl (C=O) groups is 2. The van der Waals surface area contributed by atoms with Crippen LogP contribution in [0.15, 0.2) is 24.3 Å². The van der Waals surface area contributed by atoms with Crippen molar-refractivity contribution in [2.75, 3.05) is 26.7 Å². The van der Waals surface area contributed by atoms with Gasteiger partial charge in [-0.25, -0.2) is 0 Å². The minimum absolute atomic E-state index is 0.00407. The predicted octanol–water partition coefficient (Wildman–Crippen LogP) is 3.75. The molecule has 1 aliphatic heterocycles. The van der Waals surface area contributed by atoms with E-state index in [1.54, 1.807) is 4.90 Å². The molecular weight excluding hydrogens is 350 g/mol. The Hall–Kier alpha value is -1.88. The van der Waals surface area contributed by atoms with Crippen LogP contribution in [0.2, 0.25) is 0 Å². The van der Waals surface area contributed by atoms with E-state index in [2.05, 4.69) is 24.2 Å². The van der Waals surface area contributed by atoms with E-state index in [4.69, 9.17) is 0 Å². The van der Waals surface area contributed by atoms with E-state index in [-0.39, 0.29) is 17.9 Å². The second-order valence-corrected chi connectivity index (χ2v) is 8.34. The largest absolute Gasteiger partial charge is 0.351 e. The number of rotatable bonds is 9. The zero-order chi connectivity index (χ0) is 19.9. The molecule has 5 heteroatoms. The summed E-state index contributed by atoms with van der Waals surface area (Å²) in [6.45, 7) is 4.84. The molecule has 1 saturated carbocycles. The fraction of sp³-hybridized carbons (Fsp3) is 0.652. The van der Waals surface area contributed by atoms with E-state index >= 15 is 0 Å². The highest BCUT2D eigenvalue weighted by atomic mass is 16.2. The lowest BCUT2D eigenvalue weighted by Gasteiger charge is -2.29. The van der Waals surface area contributed by atoms with Gasteiger partial charge in [0.05, 0.1) is 0 Å². The maximum absolute atomic E-state index is 13.2. The molecule has 0 spiro atoms. The molecule has 0 bridgehead atoms. The summed E-state index contributed by atoms with van der Waals surface area (Å²) < 4.78 is 0. The molecule has 0 aromatic heterocycles. The summed E-state index contributed by atoms with van der Waals surface area (Å²) in [5, 5.41) is 3.24. The Morgan fingerprint density at radius 1 is 1.14 bits per heavy atom. The number of benzene rings is 1. The fourth-order valence-corrected chi connectivity index (χ4v) is 4.46. The highest BCUT2D eigenvalue weighted by Gasteiger charge is 2.41. The van der Waals surface area contributed by atoms with Crippen LogP contribution in [-0.4, -0.2) is 54.3 Å². The van der Waals surface area contributed by atoms with Crippen LogP contribution in [-0.2, 0) is 4.79 Å². The first kappa shape index (κ1) is 20.8. The van der Waals surface area contributed by atoms with Crippen LogP contribution in [0.4, 0.5) is 0 Å². The first-order valence-corrected chi connectivity index (χ1v) is 11.0. The van der Waals surface area contributed by atoms with Crippen LogP contribution in [0.1, 0.15) is 80.3 Å². The summed E-state index contributed by atoms with van der Waals surface area (Å²) >= 11 is 0. The topological polar surface area (TPSA) is 52.7 Å². The Morgan fingerprint density at radius 2 is 1.86 bits per heavy atom. The second-order valence-electron chi connectivity index (χ2n) is 8.34. The quantitative estimate of drug-likeness (QED) is 0.704. The summed E-state index contributed by atoms with van der Waals surface area (Å²) in [6.07, 6.45) is 8.98. The van der Waals surface area contributed by atoms with Crippen LogP contribution in [0.5, 0.6) is 0 Å². The molecular formula is C23H35N3O2. The van der Waals surface area contributed by atoms with Gasteiger partial charge < -0.3 is 15.1 Å². The minimum atomic E-state index is -0.480. The number of fused-ring (bicyclic) bond motifs is 1. The molecule has 154 valence electrons. The minimum Gasteiger partial charge on any atom is -0.351 e. The molecule has 2 amide bonds. The van der Waals surface area contributed by atoms with Crippen molar-refractivity contribution in [2.24, 2.45) is 0 Å². The fourth-order valence-electron chi connectivity index (χ4n) is 4.46. The molecule has 1 aromatic rings. The van der Waals surface area contributed by atoms with Gasteiger partial charge in [0, 0.05) is 18.2 Å². The van der Waals surface area contributed by atoms with E-state index in [0.717, 1.165) is 37.9 Å². The number of nitrogens with one attached hydrogen (secondary N) is 1. The number of hydrogen-bond acceptors (Lipinski definition) is 3. The number of unbranched alkanes of at least 4 members (excludes halogenated alkanes) is 1. The van der Waals surface area contributed by atoms with E-state index in [1.165, 1.54) is 32.1 Å². The van der Waals surface area contributed by atoms with Crippen molar-refractivity contribution in [3.63, 3.8) is 0 Å². The summed E-state index contributed by atoms with van der Waals surface area (Å²) in [6, 6.07) is 7.37. The number of hydrogen-bond donors (Lipinski definition) is 1. The van der Waals surface area contributed by atoms with Crippen molar-refractivity contribution >= 4 is 11.8 Å². The van der Waals surface area contributed by atoms with Crippen molar-refractivity contribution in [3.8, 4) is 0 Å². The van der Waals surface area contributed by atoms with Gasteiger partial charge in [-0.15, -0.1) is 0 Å². The van der Waals surface area contributed by atoms with Gasteiger partial charge in [-0.1, -0.05) is 50.8 Å². The van der Waals surface area contributed by atoms with E-state index in [9.17, 15) is 9.59 Å². The number of nitrogens with zero attached hydrogens (tertiary/aromatic N) is 2. The summed E-state index contributed by atoms with van der Waals surface area (Å²) in [7, 11) is 2.13. The third-order valence-electron chi connectivity index (χ3n) is 6.09. The molecule has 28 heavy (non-hydrogen) atoms. The van der Waals surface area contributed by atoms with E-state index in [1.807, 2.05) is 24.3 Å². The summed E-state index contributed by atoms with van der Waals surface area (Å²) in [5.41, 5.74) is 1.55. The number of amides is 2. The maximum Gasteiger partial charge on any atom is 0.255 e. The predicted molar refractivity (Wildman–Crippen MR) is 112 cm³/mol. The van der Waals surface area contributed by atoms with Gasteiger partial charge in [-0.05, 0) is 57.5 Å². The van der Waals surface area contributed by atoms with Gasteiger partial charge in [0.2, 0.25) is 5.91 Å². The van der Waals surface area contributed by atoms with Crippen molar-refractivity contribution < 1.29 is 9.59 Å². The monoisotopic (exact) mass is 385 g/mol. The number of carbonyl (C=O) groups excluding carboxylic acids is 2. The normalized spacial score (nSPS) is 19.9. The molecule has 1 atom stereocenters. The Kier molecular flexibility index (Phi) is 7.49. The van der Waals surface area contributed by atoms with Crippen molar-refractivity contribution in [2.45, 2.75) is 70.4 Å². The van der Waals surface area contributed by atoms with Crippen LogP contribution in [0, 0.1) is 0 Å². The van der Waals surface area contributed by atoms with E-state index in [0.29, 0.717) is 12.1 Å². The maximum atomic E-state index is 13.2. The highest BCUT2D eigenvalue weighted by Crippen LogP contribution is 2.34. The third-order valence-corrected chi connectivity index (χ3v) is 6.09. The summed E-state index contributed by atoms with van der Waals surface area (Å²) in [4.78, 5) is 30.2. The van der Waals surface area contributed by atoms with Gasteiger partial charge >= 0.3 is 0 Å². The molecule has 0 saturated heterocycles. The first-order chi connectivity index (χ1) is 13.6. The van der Waals surface area contributed by atoms with Gasteiger partial charge in [0.1, 0.15) is 6.04 Å². The first-order valence-electron chi connectivity index (χ1n) is 11.0. The second kappa shape index (κ2) is 10.1. The Bertz CT molecular complexity index is 670. The third kappa shape index (κ3) is 4.93. The van der Waals surface area contributed by atoms with Crippen LogP contribution in [0.3, 0.4) is 0 Å². The molecule has 0 unspecified atom stereocenters. The highest BCUT2D eigenvalue weighted by molar-refractivity contribution is 6.04. The van der Waals surface area contributed by atoms with Gasteiger partial charge in [0.25, 0.3) is 5.91 Å². The van der Waals surface area contributed by atoms with Crippen molar-refractivity contribution in [1.29, 1.82) is 0 Å². The molecule has 1 aromatic carbocycles. The Balaban J connectivity index is 1.66. The lowest BCUT2D eigenvalue weighted by Crippen LogP contribution is -2.44. The SMILES string of the molecule is CCCCN(C)CCCN1C(=O)c2ccccc2[C@H]1C(=O)NC1CCCCC1. The van der Waals surface area contributed by atoms with Gasteiger partial charge in [-0.2, -0.15) is 0 Å². The molecule has 5 nitrogen and oxygen atoms in total. The van der Waals surface area contributed by atoms with Crippen LogP contribution < -0.4 is 5.32 Å². The average Bonchev–Trinajstić information content (AvgIpc) is 2.99. The van der Waals surface area contributed by atoms with Gasteiger partial charge in [-0.3, -0.25) is 9.59 Å². The summed E-state index contributed by atoms with van der Waals surface area (Å²) in [5.74, 6) is -0.0138. The molecule has 1 fully saturated rings. The smallest absolute Gasteiger partial charge is 0.255 e.